The Morgan fingerprint density at radius 3 is 2.63 bits per heavy atom. The van der Waals surface area contributed by atoms with Gasteiger partial charge in [-0.1, -0.05) is 20.3 Å². The van der Waals surface area contributed by atoms with E-state index in [1.54, 1.807) is 0 Å². The van der Waals surface area contributed by atoms with Crippen LogP contribution in [0, 0.1) is 6.92 Å². The van der Waals surface area contributed by atoms with Crippen LogP contribution in [0.5, 0.6) is 0 Å². The van der Waals surface area contributed by atoms with Gasteiger partial charge in [0.1, 0.15) is 4.88 Å². The highest BCUT2D eigenvalue weighted by molar-refractivity contribution is 7.14. The lowest BCUT2D eigenvalue weighted by Crippen LogP contribution is -2.33. The molecule has 0 aliphatic carbocycles. The molecular formula is C15H25NO2S. The first-order valence-electron chi connectivity index (χ1n) is 7.06. The molecule has 0 radical (unpaired) electrons. The Morgan fingerprint density at radius 2 is 2.16 bits per heavy atom. The maximum Gasteiger partial charge on any atom is 0.345 e. The fourth-order valence-corrected chi connectivity index (χ4v) is 2.95. The summed E-state index contributed by atoms with van der Waals surface area (Å²) in [5.41, 5.74) is 1.17. The molecule has 4 heteroatoms. The number of rotatable bonds is 8. The number of nitrogens with zero attached hydrogens (tertiary/aromatic N) is 1. The predicted octanol–water partition coefficient (Wildman–Crippen LogP) is 4.16. The lowest BCUT2D eigenvalue weighted by atomic mass is 10.1. The molecule has 1 heterocycles. The SMILES string of the molecule is CCCCN(Cc1cc(C(=O)O)sc1C)C(C)CC. The van der Waals surface area contributed by atoms with E-state index in [4.69, 9.17) is 5.11 Å². The largest absolute Gasteiger partial charge is 0.477 e. The third kappa shape index (κ3) is 4.62. The van der Waals surface area contributed by atoms with Gasteiger partial charge < -0.3 is 5.11 Å². The molecule has 0 saturated carbocycles. The molecule has 0 aliphatic heterocycles. The van der Waals surface area contributed by atoms with Crippen LogP contribution in [0.2, 0.25) is 0 Å². The number of thiophene rings is 1. The van der Waals surface area contributed by atoms with Gasteiger partial charge in [0.05, 0.1) is 0 Å². The van der Waals surface area contributed by atoms with Crippen molar-refractivity contribution in [2.45, 2.75) is 59.5 Å². The highest BCUT2D eigenvalue weighted by atomic mass is 32.1. The first-order chi connectivity index (χ1) is 8.99. The van der Waals surface area contributed by atoms with Gasteiger partial charge in [0.25, 0.3) is 0 Å². The third-order valence-corrected chi connectivity index (χ3v) is 4.70. The molecule has 1 atom stereocenters. The molecule has 0 amide bonds. The number of carbonyl (C=O) groups is 1. The average molecular weight is 283 g/mol. The van der Waals surface area contributed by atoms with E-state index in [2.05, 4.69) is 25.7 Å². The van der Waals surface area contributed by atoms with Crippen molar-refractivity contribution in [3.05, 3.63) is 21.4 Å². The summed E-state index contributed by atoms with van der Waals surface area (Å²) in [7, 11) is 0. The lowest BCUT2D eigenvalue weighted by molar-refractivity contribution is 0.0702. The number of aryl methyl sites for hydroxylation is 1. The molecule has 108 valence electrons. The van der Waals surface area contributed by atoms with Crippen LogP contribution in [-0.4, -0.2) is 28.6 Å². The van der Waals surface area contributed by atoms with Crippen LogP contribution >= 0.6 is 11.3 Å². The molecule has 0 saturated heterocycles. The molecule has 3 nitrogen and oxygen atoms in total. The van der Waals surface area contributed by atoms with Crippen LogP contribution in [0.15, 0.2) is 6.07 Å². The molecule has 1 rings (SSSR count). The van der Waals surface area contributed by atoms with Gasteiger partial charge in [-0.25, -0.2) is 4.79 Å². The molecule has 0 bridgehead atoms. The summed E-state index contributed by atoms with van der Waals surface area (Å²) >= 11 is 1.38. The standard InChI is InChI=1S/C15H25NO2S/c1-5-7-8-16(11(3)6-2)10-13-9-14(15(17)18)19-12(13)4/h9,11H,5-8,10H2,1-4H3,(H,17,18). The smallest absolute Gasteiger partial charge is 0.345 e. The summed E-state index contributed by atoms with van der Waals surface area (Å²) in [4.78, 5) is 15.1. The Kier molecular flexibility index (Phi) is 6.52. The Balaban J connectivity index is 2.80. The number of aromatic carboxylic acids is 1. The minimum absolute atomic E-state index is 0.451. The van der Waals surface area contributed by atoms with E-state index in [0.717, 1.165) is 24.4 Å². The van der Waals surface area contributed by atoms with Gasteiger partial charge >= 0.3 is 5.97 Å². The van der Waals surface area contributed by atoms with Gasteiger partial charge in [0, 0.05) is 17.5 Å². The lowest BCUT2D eigenvalue weighted by Gasteiger charge is -2.28. The monoisotopic (exact) mass is 283 g/mol. The van der Waals surface area contributed by atoms with Crippen LogP contribution in [0.25, 0.3) is 0 Å². The first kappa shape index (κ1) is 16.2. The van der Waals surface area contributed by atoms with Crippen LogP contribution in [-0.2, 0) is 6.54 Å². The zero-order valence-electron chi connectivity index (χ0n) is 12.4. The quantitative estimate of drug-likeness (QED) is 0.779. The number of hydrogen-bond acceptors (Lipinski definition) is 3. The fraction of sp³-hybridized carbons (Fsp3) is 0.667. The van der Waals surface area contributed by atoms with Crippen LogP contribution < -0.4 is 0 Å². The molecular weight excluding hydrogens is 258 g/mol. The van der Waals surface area contributed by atoms with Crippen LogP contribution in [0.4, 0.5) is 0 Å². The predicted molar refractivity (Wildman–Crippen MR) is 81.1 cm³/mol. The van der Waals surface area contributed by atoms with E-state index < -0.39 is 5.97 Å². The second kappa shape index (κ2) is 7.65. The summed E-state index contributed by atoms with van der Waals surface area (Å²) in [6.45, 7) is 10.6. The van der Waals surface area contributed by atoms with Gasteiger partial charge in [-0.2, -0.15) is 0 Å². The maximum atomic E-state index is 11.0. The van der Waals surface area contributed by atoms with E-state index in [0.29, 0.717) is 10.9 Å². The highest BCUT2D eigenvalue weighted by Crippen LogP contribution is 2.24. The molecule has 1 unspecified atom stereocenters. The van der Waals surface area contributed by atoms with E-state index in [1.807, 2.05) is 13.0 Å². The third-order valence-electron chi connectivity index (χ3n) is 3.62. The van der Waals surface area contributed by atoms with Crippen molar-refractivity contribution in [1.82, 2.24) is 4.90 Å². The minimum Gasteiger partial charge on any atom is -0.477 e. The van der Waals surface area contributed by atoms with E-state index in [-0.39, 0.29) is 0 Å². The van der Waals surface area contributed by atoms with Crippen LogP contribution in [0.3, 0.4) is 0 Å². The van der Waals surface area contributed by atoms with Crippen LogP contribution in [0.1, 0.15) is 60.1 Å². The van der Waals surface area contributed by atoms with Crippen molar-refractivity contribution in [2.24, 2.45) is 0 Å². The summed E-state index contributed by atoms with van der Waals surface area (Å²) in [6.07, 6.45) is 3.51. The van der Waals surface area contributed by atoms with E-state index in [1.165, 1.54) is 29.7 Å². The Hall–Kier alpha value is -0.870. The van der Waals surface area contributed by atoms with Gasteiger partial charge in [-0.3, -0.25) is 4.90 Å². The average Bonchev–Trinajstić information content (AvgIpc) is 2.75. The number of unbranched alkanes of at least 4 members (excludes halogenated alkanes) is 1. The Labute approximate surface area is 120 Å². The maximum absolute atomic E-state index is 11.0. The van der Waals surface area contributed by atoms with Crippen molar-refractivity contribution >= 4 is 17.3 Å². The highest BCUT2D eigenvalue weighted by Gasteiger charge is 2.16. The second-order valence-corrected chi connectivity index (χ2v) is 6.33. The van der Waals surface area contributed by atoms with Gasteiger partial charge in [-0.05, 0) is 44.9 Å². The van der Waals surface area contributed by atoms with Crippen molar-refractivity contribution in [3.8, 4) is 0 Å². The summed E-state index contributed by atoms with van der Waals surface area (Å²) < 4.78 is 0. The van der Waals surface area contributed by atoms with Gasteiger partial charge in [0.2, 0.25) is 0 Å². The molecule has 1 aromatic rings. The molecule has 0 aromatic carbocycles. The fourth-order valence-electron chi connectivity index (χ4n) is 2.08. The zero-order chi connectivity index (χ0) is 14.4. The molecule has 0 spiro atoms. The summed E-state index contributed by atoms with van der Waals surface area (Å²) in [5.74, 6) is -0.817. The topological polar surface area (TPSA) is 40.5 Å². The first-order valence-corrected chi connectivity index (χ1v) is 7.87. The molecule has 0 aliphatic rings. The Morgan fingerprint density at radius 1 is 1.47 bits per heavy atom. The van der Waals surface area contributed by atoms with Crippen molar-refractivity contribution in [2.75, 3.05) is 6.54 Å². The van der Waals surface area contributed by atoms with Gasteiger partial charge in [0.15, 0.2) is 0 Å². The molecule has 19 heavy (non-hydrogen) atoms. The minimum atomic E-state index is -0.817. The van der Waals surface area contributed by atoms with Crippen molar-refractivity contribution in [3.63, 3.8) is 0 Å². The number of hydrogen-bond donors (Lipinski definition) is 1. The molecule has 0 fully saturated rings. The Bertz CT molecular complexity index is 414. The van der Waals surface area contributed by atoms with E-state index in [9.17, 15) is 4.79 Å². The second-order valence-electron chi connectivity index (χ2n) is 5.08. The zero-order valence-corrected chi connectivity index (χ0v) is 13.2. The van der Waals surface area contributed by atoms with Gasteiger partial charge in [-0.15, -0.1) is 11.3 Å². The molecule has 1 aromatic heterocycles. The summed E-state index contributed by atoms with van der Waals surface area (Å²) in [6, 6.07) is 2.38. The molecule has 1 N–H and O–H groups in total. The van der Waals surface area contributed by atoms with Crippen molar-refractivity contribution < 1.29 is 9.90 Å². The summed E-state index contributed by atoms with van der Waals surface area (Å²) in [5, 5.41) is 9.05. The van der Waals surface area contributed by atoms with Crippen molar-refractivity contribution in [1.29, 1.82) is 0 Å². The number of carboxylic acids is 1. The normalized spacial score (nSPS) is 12.9. The van der Waals surface area contributed by atoms with E-state index >= 15 is 0 Å². The number of carboxylic acid groups (broad SMARTS) is 1.